The molecule has 92 valence electrons. The van der Waals surface area contributed by atoms with Crippen molar-refractivity contribution in [2.24, 2.45) is 5.92 Å². The van der Waals surface area contributed by atoms with Crippen LogP contribution in [0, 0.1) is 17.2 Å². The third kappa shape index (κ3) is 5.72. The monoisotopic (exact) mass is 225 g/mol. The smallest absolute Gasteiger partial charge is 0.237 e. The molecule has 1 N–H and O–H groups in total. The summed E-state index contributed by atoms with van der Waals surface area (Å²) in [5.41, 5.74) is 0. The maximum Gasteiger partial charge on any atom is 0.237 e. The molecule has 0 rings (SSSR count). The second-order valence-electron chi connectivity index (χ2n) is 3.76. The lowest BCUT2D eigenvalue weighted by Gasteiger charge is -2.17. The number of nitriles is 1. The van der Waals surface area contributed by atoms with Gasteiger partial charge in [0.05, 0.1) is 6.07 Å². The minimum absolute atomic E-state index is 0.135. The first-order valence-corrected chi connectivity index (χ1v) is 6.09. The zero-order chi connectivity index (χ0) is 12.4. The van der Waals surface area contributed by atoms with Crippen molar-refractivity contribution >= 4 is 5.91 Å². The fourth-order valence-corrected chi connectivity index (χ4v) is 1.51. The van der Waals surface area contributed by atoms with Crippen LogP contribution < -0.4 is 5.32 Å². The van der Waals surface area contributed by atoms with Gasteiger partial charge in [-0.1, -0.05) is 20.8 Å². The summed E-state index contributed by atoms with van der Waals surface area (Å²) in [7, 11) is 0. The van der Waals surface area contributed by atoms with Gasteiger partial charge in [0, 0.05) is 6.54 Å². The molecule has 0 aliphatic rings. The fraction of sp³-hybridized carbons (Fsp3) is 0.833. The lowest BCUT2D eigenvalue weighted by molar-refractivity contribution is -0.123. The van der Waals surface area contributed by atoms with Gasteiger partial charge in [-0.25, -0.2) is 0 Å². The number of nitrogens with zero attached hydrogens (tertiary/aromatic N) is 2. The van der Waals surface area contributed by atoms with Crippen LogP contribution in [0.2, 0.25) is 0 Å². The molecule has 0 aliphatic carbocycles. The van der Waals surface area contributed by atoms with E-state index in [0.29, 0.717) is 13.0 Å². The molecule has 1 atom stereocenters. The Hall–Kier alpha value is -1.08. The van der Waals surface area contributed by atoms with Gasteiger partial charge in [-0.15, -0.1) is 0 Å². The van der Waals surface area contributed by atoms with Crippen LogP contribution in [0.1, 0.15) is 33.6 Å². The number of hydrogen-bond donors (Lipinski definition) is 1. The standard InChI is InChI=1S/C12H23N3O/c1-4-11(10-13)12(16)14-8-7-9-15(5-2)6-3/h11H,4-9H2,1-3H3,(H,14,16). The first kappa shape index (κ1) is 14.9. The summed E-state index contributed by atoms with van der Waals surface area (Å²) >= 11 is 0. The molecular weight excluding hydrogens is 202 g/mol. The normalized spacial score (nSPS) is 12.2. The third-order valence-electron chi connectivity index (χ3n) is 2.73. The van der Waals surface area contributed by atoms with Gasteiger partial charge >= 0.3 is 0 Å². The molecule has 0 heterocycles. The maximum absolute atomic E-state index is 11.4. The highest BCUT2D eigenvalue weighted by atomic mass is 16.1. The van der Waals surface area contributed by atoms with Crippen LogP contribution >= 0.6 is 0 Å². The van der Waals surface area contributed by atoms with Crippen molar-refractivity contribution in [2.75, 3.05) is 26.2 Å². The molecule has 1 unspecified atom stereocenters. The first-order chi connectivity index (χ1) is 7.69. The minimum atomic E-state index is -0.492. The highest BCUT2D eigenvalue weighted by Gasteiger charge is 2.14. The van der Waals surface area contributed by atoms with Crippen LogP contribution in [0.15, 0.2) is 0 Å². The van der Waals surface area contributed by atoms with Crippen molar-refractivity contribution in [2.45, 2.75) is 33.6 Å². The molecular formula is C12H23N3O. The second-order valence-corrected chi connectivity index (χ2v) is 3.76. The predicted molar refractivity (Wildman–Crippen MR) is 64.8 cm³/mol. The lowest BCUT2D eigenvalue weighted by atomic mass is 10.1. The van der Waals surface area contributed by atoms with Gasteiger partial charge < -0.3 is 10.2 Å². The molecule has 0 saturated carbocycles. The van der Waals surface area contributed by atoms with E-state index in [9.17, 15) is 4.79 Å². The van der Waals surface area contributed by atoms with E-state index >= 15 is 0 Å². The van der Waals surface area contributed by atoms with E-state index in [0.717, 1.165) is 26.1 Å². The van der Waals surface area contributed by atoms with Gasteiger partial charge in [-0.2, -0.15) is 5.26 Å². The average Bonchev–Trinajstić information content (AvgIpc) is 2.31. The largest absolute Gasteiger partial charge is 0.355 e. The number of hydrogen-bond acceptors (Lipinski definition) is 3. The van der Waals surface area contributed by atoms with E-state index < -0.39 is 5.92 Å². The van der Waals surface area contributed by atoms with Crippen LogP contribution in [0.3, 0.4) is 0 Å². The molecule has 0 aliphatic heterocycles. The summed E-state index contributed by atoms with van der Waals surface area (Å²) in [6.45, 7) is 9.85. The van der Waals surface area contributed by atoms with Gasteiger partial charge in [0.25, 0.3) is 0 Å². The van der Waals surface area contributed by atoms with Crippen LogP contribution in [0.5, 0.6) is 0 Å². The Morgan fingerprint density at radius 2 is 2.00 bits per heavy atom. The summed E-state index contributed by atoms with van der Waals surface area (Å²) in [4.78, 5) is 13.8. The molecule has 16 heavy (non-hydrogen) atoms. The van der Waals surface area contributed by atoms with Crippen molar-refractivity contribution < 1.29 is 4.79 Å². The summed E-state index contributed by atoms with van der Waals surface area (Å²) in [6.07, 6.45) is 1.52. The number of carbonyl (C=O) groups excluding carboxylic acids is 1. The molecule has 0 fully saturated rings. The number of amides is 1. The molecule has 0 spiro atoms. The molecule has 0 saturated heterocycles. The Morgan fingerprint density at radius 1 is 1.38 bits per heavy atom. The van der Waals surface area contributed by atoms with Crippen LogP contribution in [0.25, 0.3) is 0 Å². The molecule has 0 aromatic rings. The van der Waals surface area contributed by atoms with E-state index in [1.807, 2.05) is 13.0 Å². The molecule has 0 aromatic heterocycles. The second kappa shape index (κ2) is 9.17. The maximum atomic E-state index is 11.4. The van der Waals surface area contributed by atoms with Gasteiger partial charge in [0.15, 0.2) is 0 Å². The van der Waals surface area contributed by atoms with E-state index in [-0.39, 0.29) is 5.91 Å². The lowest BCUT2D eigenvalue weighted by Crippen LogP contribution is -2.33. The summed E-state index contributed by atoms with van der Waals surface area (Å²) in [5.74, 6) is -0.627. The Morgan fingerprint density at radius 3 is 2.44 bits per heavy atom. The fourth-order valence-electron chi connectivity index (χ4n) is 1.51. The van der Waals surface area contributed by atoms with Crippen molar-refractivity contribution in [3.63, 3.8) is 0 Å². The first-order valence-electron chi connectivity index (χ1n) is 6.09. The van der Waals surface area contributed by atoms with Gasteiger partial charge in [0.2, 0.25) is 5.91 Å². The Bertz CT molecular complexity index is 231. The van der Waals surface area contributed by atoms with E-state index in [1.165, 1.54) is 0 Å². The van der Waals surface area contributed by atoms with Crippen molar-refractivity contribution in [1.29, 1.82) is 5.26 Å². The van der Waals surface area contributed by atoms with Gasteiger partial charge in [-0.05, 0) is 32.5 Å². The molecule has 0 radical (unpaired) electrons. The van der Waals surface area contributed by atoms with Gasteiger partial charge in [-0.3, -0.25) is 4.79 Å². The van der Waals surface area contributed by atoms with Crippen LogP contribution in [0.4, 0.5) is 0 Å². The zero-order valence-electron chi connectivity index (χ0n) is 10.6. The van der Waals surface area contributed by atoms with E-state index in [2.05, 4.69) is 24.1 Å². The average molecular weight is 225 g/mol. The number of carbonyl (C=O) groups is 1. The highest BCUT2D eigenvalue weighted by molar-refractivity contribution is 5.80. The van der Waals surface area contributed by atoms with Crippen molar-refractivity contribution in [3.05, 3.63) is 0 Å². The highest BCUT2D eigenvalue weighted by Crippen LogP contribution is 1.99. The molecule has 4 heteroatoms. The predicted octanol–water partition coefficient (Wildman–Crippen LogP) is 1.38. The SMILES string of the molecule is CCC(C#N)C(=O)NCCCN(CC)CC. The van der Waals surface area contributed by atoms with E-state index in [1.54, 1.807) is 0 Å². The molecule has 0 bridgehead atoms. The minimum Gasteiger partial charge on any atom is -0.355 e. The number of nitrogens with one attached hydrogen (secondary N) is 1. The van der Waals surface area contributed by atoms with E-state index in [4.69, 9.17) is 5.26 Å². The number of rotatable bonds is 8. The summed E-state index contributed by atoms with van der Waals surface area (Å²) in [5, 5.41) is 11.5. The third-order valence-corrected chi connectivity index (χ3v) is 2.73. The Kier molecular flexibility index (Phi) is 8.55. The molecule has 0 aromatic carbocycles. The molecule has 4 nitrogen and oxygen atoms in total. The Labute approximate surface area is 98.6 Å². The topological polar surface area (TPSA) is 56.1 Å². The summed E-state index contributed by atoms with van der Waals surface area (Å²) < 4.78 is 0. The molecule has 1 amide bonds. The van der Waals surface area contributed by atoms with Crippen LogP contribution in [-0.2, 0) is 4.79 Å². The quantitative estimate of drug-likeness (QED) is 0.635. The van der Waals surface area contributed by atoms with Crippen molar-refractivity contribution in [1.82, 2.24) is 10.2 Å². The van der Waals surface area contributed by atoms with Crippen molar-refractivity contribution in [3.8, 4) is 6.07 Å². The summed E-state index contributed by atoms with van der Waals surface area (Å²) in [6, 6.07) is 2.00. The Balaban J connectivity index is 3.66. The van der Waals surface area contributed by atoms with Gasteiger partial charge in [0.1, 0.15) is 5.92 Å². The van der Waals surface area contributed by atoms with Crippen LogP contribution in [-0.4, -0.2) is 37.0 Å². The zero-order valence-corrected chi connectivity index (χ0v) is 10.6.